The number of unbranched alkanes of at least 4 members (excludes halogenated alkanes) is 1. The lowest BCUT2D eigenvalue weighted by Crippen LogP contribution is -2.07. The largest absolute Gasteiger partial charge is 0.477 e. The van der Waals surface area contributed by atoms with Crippen LogP contribution >= 0.6 is 0 Å². The summed E-state index contributed by atoms with van der Waals surface area (Å²) in [5.74, 6) is -0.992. The van der Waals surface area contributed by atoms with E-state index >= 15 is 0 Å². The quantitative estimate of drug-likeness (QED) is 0.685. The Morgan fingerprint density at radius 2 is 2.40 bits per heavy atom. The van der Waals surface area contributed by atoms with Crippen LogP contribution in [0.5, 0.6) is 5.88 Å². The number of aromatic nitrogens is 1. The summed E-state index contributed by atoms with van der Waals surface area (Å²) in [7, 11) is 0. The second-order valence-electron chi connectivity index (χ2n) is 3.00. The molecule has 6 heteroatoms. The number of nitrogens with two attached hydrogens (primary N) is 1. The van der Waals surface area contributed by atoms with Crippen LogP contribution in [0.25, 0.3) is 0 Å². The van der Waals surface area contributed by atoms with Gasteiger partial charge in [-0.3, -0.25) is 0 Å². The maximum atomic E-state index is 10.9. The molecule has 0 bridgehead atoms. The third kappa shape index (κ3) is 2.69. The van der Waals surface area contributed by atoms with Gasteiger partial charge in [0.05, 0.1) is 13.2 Å². The number of carbonyl (C=O) groups is 1. The van der Waals surface area contributed by atoms with Gasteiger partial charge < -0.3 is 20.1 Å². The predicted octanol–water partition coefficient (Wildman–Crippen LogP) is 1.01. The van der Waals surface area contributed by atoms with Crippen LogP contribution in [-0.2, 0) is 6.54 Å². The zero-order valence-electron chi connectivity index (χ0n) is 8.52. The lowest BCUT2D eigenvalue weighted by Gasteiger charge is -2.01. The smallest absolute Gasteiger partial charge is 0.345 e. The van der Waals surface area contributed by atoms with E-state index in [0.29, 0.717) is 6.61 Å². The fraction of sp³-hybridized carbons (Fsp3) is 0.556. The molecule has 84 valence electrons. The highest BCUT2D eigenvalue weighted by Gasteiger charge is 2.22. The van der Waals surface area contributed by atoms with Gasteiger partial charge in [0.15, 0.2) is 11.3 Å². The van der Waals surface area contributed by atoms with Crippen molar-refractivity contribution in [2.75, 3.05) is 6.61 Å². The van der Waals surface area contributed by atoms with Crippen LogP contribution in [-0.4, -0.2) is 22.8 Å². The molecule has 0 saturated carbocycles. The summed E-state index contributed by atoms with van der Waals surface area (Å²) in [6, 6.07) is 0. The molecule has 3 N–H and O–H groups in total. The number of carboxylic acid groups (broad SMARTS) is 1. The van der Waals surface area contributed by atoms with Gasteiger partial charge in [-0.1, -0.05) is 13.3 Å². The molecule has 1 rings (SSSR count). The first-order valence-corrected chi connectivity index (χ1v) is 4.75. The van der Waals surface area contributed by atoms with Gasteiger partial charge in [-0.25, -0.2) is 4.79 Å². The van der Waals surface area contributed by atoms with E-state index in [4.69, 9.17) is 20.1 Å². The van der Waals surface area contributed by atoms with E-state index in [1.807, 2.05) is 6.92 Å². The SMILES string of the molecule is CCCCOc1noc(CN)c1C(=O)O. The van der Waals surface area contributed by atoms with Gasteiger partial charge in [0.1, 0.15) is 0 Å². The Morgan fingerprint density at radius 3 is 2.93 bits per heavy atom. The summed E-state index contributed by atoms with van der Waals surface area (Å²) in [4.78, 5) is 10.9. The molecule has 15 heavy (non-hydrogen) atoms. The predicted molar refractivity (Wildman–Crippen MR) is 51.8 cm³/mol. The third-order valence-corrected chi connectivity index (χ3v) is 1.87. The maximum absolute atomic E-state index is 10.9. The van der Waals surface area contributed by atoms with Gasteiger partial charge in [0.2, 0.25) is 0 Å². The molecule has 0 aliphatic carbocycles. The first kappa shape index (κ1) is 11.5. The van der Waals surface area contributed by atoms with Gasteiger partial charge >= 0.3 is 5.97 Å². The molecule has 0 fully saturated rings. The Morgan fingerprint density at radius 1 is 1.67 bits per heavy atom. The van der Waals surface area contributed by atoms with E-state index in [-0.39, 0.29) is 23.7 Å². The van der Waals surface area contributed by atoms with E-state index in [0.717, 1.165) is 12.8 Å². The Balaban J connectivity index is 2.78. The number of aromatic carboxylic acids is 1. The van der Waals surface area contributed by atoms with E-state index < -0.39 is 5.97 Å². The summed E-state index contributed by atoms with van der Waals surface area (Å²) >= 11 is 0. The number of carboxylic acids is 1. The van der Waals surface area contributed by atoms with E-state index in [2.05, 4.69) is 5.16 Å². The minimum atomic E-state index is -1.14. The average molecular weight is 214 g/mol. The minimum Gasteiger partial charge on any atom is -0.477 e. The molecule has 0 atom stereocenters. The van der Waals surface area contributed by atoms with Crippen molar-refractivity contribution in [1.29, 1.82) is 0 Å². The Kier molecular flexibility index (Phi) is 4.11. The molecule has 0 saturated heterocycles. The van der Waals surface area contributed by atoms with Crippen molar-refractivity contribution in [3.05, 3.63) is 11.3 Å². The molecule has 0 spiro atoms. The van der Waals surface area contributed by atoms with Crippen LogP contribution in [0.1, 0.15) is 35.9 Å². The van der Waals surface area contributed by atoms with E-state index in [1.54, 1.807) is 0 Å². The van der Waals surface area contributed by atoms with Crippen LogP contribution in [0.15, 0.2) is 4.52 Å². The van der Waals surface area contributed by atoms with E-state index in [1.165, 1.54) is 0 Å². The summed E-state index contributed by atoms with van der Waals surface area (Å²) in [5.41, 5.74) is 5.23. The van der Waals surface area contributed by atoms with Crippen LogP contribution in [0.4, 0.5) is 0 Å². The minimum absolute atomic E-state index is 0.00816. The number of hydrogen-bond acceptors (Lipinski definition) is 5. The van der Waals surface area contributed by atoms with Crippen LogP contribution in [0, 0.1) is 0 Å². The zero-order chi connectivity index (χ0) is 11.3. The second-order valence-corrected chi connectivity index (χ2v) is 3.00. The van der Waals surface area contributed by atoms with Crippen molar-refractivity contribution in [2.24, 2.45) is 5.73 Å². The maximum Gasteiger partial charge on any atom is 0.345 e. The highest BCUT2D eigenvalue weighted by Crippen LogP contribution is 2.21. The molecule has 6 nitrogen and oxygen atoms in total. The monoisotopic (exact) mass is 214 g/mol. The average Bonchev–Trinajstić information content (AvgIpc) is 2.61. The Hall–Kier alpha value is -1.56. The molecular weight excluding hydrogens is 200 g/mol. The molecule has 0 aliphatic rings. The fourth-order valence-electron chi connectivity index (χ4n) is 1.07. The molecule has 1 aromatic heterocycles. The number of hydrogen-bond donors (Lipinski definition) is 2. The highest BCUT2D eigenvalue weighted by atomic mass is 16.5. The highest BCUT2D eigenvalue weighted by molar-refractivity contribution is 5.91. The molecule has 1 heterocycles. The first-order chi connectivity index (χ1) is 7.20. The summed E-state index contributed by atoms with van der Waals surface area (Å²) in [6.45, 7) is 2.43. The van der Waals surface area contributed by atoms with E-state index in [9.17, 15) is 4.79 Å². The topological polar surface area (TPSA) is 98.6 Å². The lowest BCUT2D eigenvalue weighted by atomic mass is 10.2. The molecular formula is C9H14N2O4. The van der Waals surface area contributed by atoms with Crippen LogP contribution in [0.3, 0.4) is 0 Å². The number of nitrogens with zero attached hydrogens (tertiary/aromatic N) is 1. The third-order valence-electron chi connectivity index (χ3n) is 1.87. The van der Waals surface area contributed by atoms with Gasteiger partial charge in [-0.05, 0) is 11.6 Å². The molecule has 0 radical (unpaired) electrons. The number of rotatable bonds is 6. The van der Waals surface area contributed by atoms with Crippen molar-refractivity contribution in [2.45, 2.75) is 26.3 Å². The Labute approximate surface area is 87.0 Å². The molecule has 1 aromatic rings. The fourth-order valence-corrected chi connectivity index (χ4v) is 1.07. The first-order valence-electron chi connectivity index (χ1n) is 4.75. The van der Waals surface area contributed by atoms with Gasteiger partial charge in [-0.2, -0.15) is 0 Å². The van der Waals surface area contributed by atoms with Crippen molar-refractivity contribution in [3.63, 3.8) is 0 Å². The summed E-state index contributed by atoms with van der Waals surface area (Å²) < 4.78 is 9.94. The Bertz CT molecular complexity index is 335. The van der Waals surface area contributed by atoms with Gasteiger partial charge in [0.25, 0.3) is 5.88 Å². The van der Waals surface area contributed by atoms with Crippen LogP contribution < -0.4 is 10.5 Å². The van der Waals surface area contributed by atoms with Crippen molar-refractivity contribution in [1.82, 2.24) is 5.16 Å². The lowest BCUT2D eigenvalue weighted by molar-refractivity contribution is 0.0690. The molecule has 0 aliphatic heterocycles. The van der Waals surface area contributed by atoms with Gasteiger partial charge in [0, 0.05) is 0 Å². The van der Waals surface area contributed by atoms with Gasteiger partial charge in [-0.15, -0.1) is 0 Å². The van der Waals surface area contributed by atoms with Crippen LogP contribution in [0.2, 0.25) is 0 Å². The van der Waals surface area contributed by atoms with Crippen molar-refractivity contribution >= 4 is 5.97 Å². The molecule has 0 amide bonds. The summed E-state index contributed by atoms with van der Waals surface area (Å²) in [6.07, 6.45) is 1.80. The summed E-state index contributed by atoms with van der Waals surface area (Å²) in [5, 5.41) is 12.4. The van der Waals surface area contributed by atoms with Crippen molar-refractivity contribution < 1.29 is 19.2 Å². The number of ether oxygens (including phenoxy) is 1. The standard InChI is InChI=1S/C9H14N2O4/c1-2-3-4-14-8-7(9(12)13)6(5-10)15-11-8/h2-5,10H2,1H3,(H,12,13). The molecule has 0 unspecified atom stereocenters. The zero-order valence-corrected chi connectivity index (χ0v) is 8.52. The molecule has 0 aromatic carbocycles. The van der Waals surface area contributed by atoms with Crippen molar-refractivity contribution in [3.8, 4) is 5.88 Å². The second kappa shape index (κ2) is 5.35. The normalized spacial score (nSPS) is 10.3.